The number of aliphatic hydroxyl groups is 1. The van der Waals surface area contributed by atoms with E-state index in [1.807, 2.05) is 0 Å². The molecule has 3 rings (SSSR count). The molecule has 2 aromatic rings. The fraction of sp³-hybridized carbons (Fsp3) is 0.611. The molecular formula is C18H27N5O4. The summed E-state index contributed by atoms with van der Waals surface area (Å²) in [6, 6.07) is 0. The zero-order chi connectivity index (χ0) is 19.4. The number of hydrogen-bond donors (Lipinski definition) is 2. The molecule has 1 saturated heterocycles. The van der Waals surface area contributed by atoms with E-state index >= 15 is 0 Å². The molecule has 0 aliphatic carbocycles. The second-order valence-corrected chi connectivity index (χ2v) is 6.89. The zero-order valence-electron chi connectivity index (χ0n) is 15.7. The molecule has 2 aromatic heterocycles. The second-order valence-electron chi connectivity index (χ2n) is 6.89. The summed E-state index contributed by atoms with van der Waals surface area (Å²) in [5, 5.41) is 10.4. The monoisotopic (exact) mass is 377 g/mol. The average molecular weight is 377 g/mol. The first-order valence-corrected chi connectivity index (χ1v) is 9.34. The van der Waals surface area contributed by atoms with Gasteiger partial charge in [0.15, 0.2) is 11.2 Å². The largest absolute Gasteiger partial charge is 0.389 e. The summed E-state index contributed by atoms with van der Waals surface area (Å²) < 4.78 is 8.37. The van der Waals surface area contributed by atoms with Gasteiger partial charge in [0.2, 0.25) is 5.95 Å². The van der Waals surface area contributed by atoms with Crippen molar-refractivity contribution in [3.05, 3.63) is 33.5 Å². The maximum absolute atomic E-state index is 12.5. The highest BCUT2D eigenvalue weighted by atomic mass is 16.5. The van der Waals surface area contributed by atoms with Crippen LogP contribution >= 0.6 is 0 Å². The SMILES string of the molecule is C=CCOC[C@H](O)Cn1c(N2CCCCCC2)nc2c1c(=O)[nH]c(=O)n2C. The maximum atomic E-state index is 12.5. The first-order chi connectivity index (χ1) is 13.0. The molecule has 1 atom stereocenters. The third-order valence-electron chi connectivity index (χ3n) is 4.82. The van der Waals surface area contributed by atoms with E-state index in [1.165, 1.54) is 4.57 Å². The number of nitrogens with one attached hydrogen (secondary N) is 1. The minimum atomic E-state index is -0.815. The Bertz CT molecular complexity index is 905. The molecule has 2 N–H and O–H groups in total. The molecule has 3 heterocycles. The molecule has 9 nitrogen and oxygen atoms in total. The van der Waals surface area contributed by atoms with E-state index in [4.69, 9.17) is 4.74 Å². The Morgan fingerprint density at radius 1 is 1.30 bits per heavy atom. The summed E-state index contributed by atoms with van der Waals surface area (Å²) in [7, 11) is 1.58. The molecule has 9 heteroatoms. The smallest absolute Gasteiger partial charge is 0.329 e. The van der Waals surface area contributed by atoms with Gasteiger partial charge in [-0.05, 0) is 12.8 Å². The van der Waals surface area contributed by atoms with Gasteiger partial charge in [0.25, 0.3) is 5.56 Å². The maximum Gasteiger partial charge on any atom is 0.329 e. The van der Waals surface area contributed by atoms with Gasteiger partial charge in [-0.25, -0.2) is 4.79 Å². The van der Waals surface area contributed by atoms with Crippen LogP contribution in [0.5, 0.6) is 0 Å². The molecule has 0 saturated carbocycles. The minimum Gasteiger partial charge on any atom is -0.389 e. The molecule has 0 radical (unpaired) electrons. The van der Waals surface area contributed by atoms with Gasteiger partial charge < -0.3 is 19.3 Å². The van der Waals surface area contributed by atoms with Crippen molar-refractivity contribution < 1.29 is 9.84 Å². The number of anilines is 1. The molecule has 1 aliphatic heterocycles. The van der Waals surface area contributed by atoms with Crippen LogP contribution in [0.3, 0.4) is 0 Å². The van der Waals surface area contributed by atoms with Crippen LogP contribution in [-0.4, -0.2) is 56.6 Å². The lowest BCUT2D eigenvalue weighted by molar-refractivity contribution is 0.0404. The zero-order valence-corrected chi connectivity index (χ0v) is 15.7. The average Bonchev–Trinajstić information content (AvgIpc) is 2.81. The topological polar surface area (TPSA) is 105 Å². The number of aryl methyl sites for hydroxylation is 1. The van der Waals surface area contributed by atoms with Crippen molar-refractivity contribution in [1.82, 2.24) is 19.1 Å². The van der Waals surface area contributed by atoms with Gasteiger partial charge in [-0.2, -0.15) is 4.98 Å². The number of imidazole rings is 1. The van der Waals surface area contributed by atoms with Crippen LogP contribution < -0.4 is 16.1 Å². The highest BCUT2D eigenvalue weighted by Crippen LogP contribution is 2.23. The fourth-order valence-corrected chi connectivity index (χ4v) is 3.46. The van der Waals surface area contributed by atoms with Crippen LogP contribution in [0.25, 0.3) is 11.2 Å². The molecule has 0 bridgehead atoms. The molecular weight excluding hydrogens is 350 g/mol. The summed E-state index contributed by atoms with van der Waals surface area (Å²) in [4.78, 5) is 33.5. The Morgan fingerprint density at radius 2 is 2.00 bits per heavy atom. The van der Waals surface area contributed by atoms with Gasteiger partial charge in [0, 0.05) is 20.1 Å². The third kappa shape index (κ3) is 4.14. The lowest BCUT2D eigenvalue weighted by Crippen LogP contribution is -2.32. The molecule has 27 heavy (non-hydrogen) atoms. The minimum absolute atomic E-state index is 0.120. The van der Waals surface area contributed by atoms with Crippen molar-refractivity contribution >= 4 is 17.1 Å². The third-order valence-corrected chi connectivity index (χ3v) is 4.82. The van der Waals surface area contributed by atoms with Crippen LogP contribution in [0.2, 0.25) is 0 Å². The quantitative estimate of drug-likeness (QED) is 0.533. The highest BCUT2D eigenvalue weighted by molar-refractivity contribution is 5.74. The molecule has 0 unspecified atom stereocenters. The summed E-state index contributed by atoms with van der Waals surface area (Å²) >= 11 is 0. The number of nitrogens with zero attached hydrogens (tertiary/aromatic N) is 4. The fourth-order valence-electron chi connectivity index (χ4n) is 3.46. The summed E-state index contributed by atoms with van der Waals surface area (Å²) in [5.41, 5.74) is -0.392. The summed E-state index contributed by atoms with van der Waals surface area (Å²) in [6.07, 6.45) is 5.21. The number of aromatic nitrogens is 4. The van der Waals surface area contributed by atoms with Crippen LogP contribution in [0, 0.1) is 0 Å². The Balaban J connectivity index is 2.05. The number of fused-ring (bicyclic) bond motifs is 1. The van der Waals surface area contributed by atoms with Gasteiger partial charge in [-0.3, -0.25) is 14.3 Å². The molecule has 1 aliphatic rings. The van der Waals surface area contributed by atoms with Crippen molar-refractivity contribution in [2.24, 2.45) is 7.05 Å². The Kier molecular flexibility index (Phi) is 6.12. The van der Waals surface area contributed by atoms with E-state index in [2.05, 4.69) is 21.4 Å². The number of aromatic amines is 1. The molecule has 148 valence electrons. The number of rotatable bonds is 7. The molecule has 0 aromatic carbocycles. The Hall–Kier alpha value is -2.39. The van der Waals surface area contributed by atoms with E-state index in [0.29, 0.717) is 23.7 Å². The van der Waals surface area contributed by atoms with Crippen molar-refractivity contribution in [3.63, 3.8) is 0 Å². The number of aliphatic hydroxyl groups excluding tert-OH is 1. The normalized spacial score (nSPS) is 16.4. The van der Waals surface area contributed by atoms with Gasteiger partial charge in [-0.15, -0.1) is 6.58 Å². The number of H-pyrrole nitrogens is 1. The van der Waals surface area contributed by atoms with Crippen molar-refractivity contribution in [3.8, 4) is 0 Å². The molecule has 0 amide bonds. The van der Waals surface area contributed by atoms with E-state index in [-0.39, 0.29) is 13.2 Å². The second kappa shape index (κ2) is 8.53. The first-order valence-electron chi connectivity index (χ1n) is 9.34. The van der Waals surface area contributed by atoms with Crippen LogP contribution in [0.15, 0.2) is 22.2 Å². The van der Waals surface area contributed by atoms with E-state index in [9.17, 15) is 14.7 Å². The van der Waals surface area contributed by atoms with Gasteiger partial charge >= 0.3 is 5.69 Å². The molecule has 1 fully saturated rings. The van der Waals surface area contributed by atoms with Crippen LogP contribution in [0.1, 0.15) is 25.7 Å². The first kappa shape index (κ1) is 19.4. The predicted molar refractivity (Wildman–Crippen MR) is 103 cm³/mol. The van der Waals surface area contributed by atoms with Crippen molar-refractivity contribution in [2.75, 3.05) is 31.2 Å². The Labute approximate surface area is 156 Å². The van der Waals surface area contributed by atoms with Crippen molar-refractivity contribution in [2.45, 2.75) is 38.3 Å². The van der Waals surface area contributed by atoms with E-state index in [0.717, 1.165) is 38.8 Å². The standard InChI is InChI=1S/C18H27N5O4/c1-3-10-27-12-13(24)11-23-14-15(21(2)18(26)20-16(14)25)19-17(23)22-8-6-4-5-7-9-22/h3,13,24H,1,4-12H2,2H3,(H,20,25,26)/t13-/m1/s1. The number of ether oxygens (including phenoxy) is 1. The van der Waals surface area contributed by atoms with Crippen LogP contribution in [0.4, 0.5) is 5.95 Å². The van der Waals surface area contributed by atoms with E-state index < -0.39 is 17.4 Å². The molecule has 0 spiro atoms. The van der Waals surface area contributed by atoms with E-state index in [1.54, 1.807) is 17.7 Å². The van der Waals surface area contributed by atoms with Gasteiger partial charge in [-0.1, -0.05) is 18.9 Å². The Morgan fingerprint density at radius 3 is 2.67 bits per heavy atom. The lowest BCUT2D eigenvalue weighted by Gasteiger charge is -2.23. The summed E-state index contributed by atoms with van der Waals surface area (Å²) in [6.45, 7) is 5.86. The van der Waals surface area contributed by atoms with Crippen molar-refractivity contribution in [1.29, 1.82) is 0 Å². The van der Waals surface area contributed by atoms with Gasteiger partial charge in [0.05, 0.1) is 25.9 Å². The van der Waals surface area contributed by atoms with Gasteiger partial charge in [0.1, 0.15) is 0 Å². The number of hydrogen-bond acceptors (Lipinski definition) is 6. The predicted octanol–water partition coefficient (Wildman–Crippen LogP) is 0.367. The lowest BCUT2D eigenvalue weighted by atomic mass is 10.2. The summed E-state index contributed by atoms with van der Waals surface area (Å²) in [5.74, 6) is 0.612. The highest BCUT2D eigenvalue weighted by Gasteiger charge is 2.23. The van der Waals surface area contributed by atoms with Crippen LogP contribution in [-0.2, 0) is 18.3 Å².